The van der Waals surface area contributed by atoms with Crippen LogP contribution >= 0.6 is 11.6 Å². The van der Waals surface area contributed by atoms with Crippen LogP contribution in [0.5, 0.6) is 5.75 Å². The van der Waals surface area contributed by atoms with Crippen LogP contribution in [0.3, 0.4) is 0 Å². The molecule has 1 heterocycles. The lowest BCUT2D eigenvalue weighted by molar-refractivity contribution is -0.116. The zero-order chi connectivity index (χ0) is 27.9. The third-order valence-electron chi connectivity index (χ3n) is 5.98. The highest BCUT2D eigenvalue weighted by atomic mass is 35.5. The highest BCUT2D eigenvalue weighted by Crippen LogP contribution is 2.33. The molecule has 0 spiro atoms. The number of ether oxygens (including phenoxy) is 1. The van der Waals surface area contributed by atoms with Crippen molar-refractivity contribution in [3.8, 4) is 22.6 Å². The topological polar surface area (TPSA) is 88.5 Å². The minimum absolute atomic E-state index is 0.108. The first-order chi connectivity index (χ1) is 18.8. The van der Waals surface area contributed by atoms with E-state index in [-0.39, 0.29) is 11.6 Å². The van der Waals surface area contributed by atoms with Gasteiger partial charge in [0, 0.05) is 17.8 Å². The lowest BCUT2D eigenvalue weighted by Crippen LogP contribution is -2.41. The Balaban J connectivity index is 1.62. The van der Waals surface area contributed by atoms with E-state index < -0.39 is 17.8 Å². The highest BCUT2D eigenvalue weighted by Gasteiger charge is 2.23. The number of aromatic nitrogens is 2. The van der Waals surface area contributed by atoms with Gasteiger partial charge in [0.2, 0.25) is 5.91 Å². The van der Waals surface area contributed by atoms with E-state index >= 15 is 0 Å². The number of urea groups is 1. The molecular formula is C29H29ClFN5O3. The van der Waals surface area contributed by atoms with Crippen LogP contribution in [0.1, 0.15) is 19.0 Å². The van der Waals surface area contributed by atoms with Crippen molar-refractivity contribution in [2.75, 3.05) is 30.8 Å². The van der Waals surface area contributed by atoms with Crippen LogP contribution < -0.4 is 15.4 Å². The molecule has 0 unspecified atom stereocenters. The number of hydrogen-bond donors (Lipinski definition) is 2. The van der Waals surface area contributed by atoms with Gasteiger partial charge in [0.05, 0.1) is 23.5 Å². The molecule has 0 atom stereocenters. The molecule has 0 aliphatic rings. The number of benzene rings is 3. The molecule has 39 heavy (non-hydrogen) atoms. The number of nitrogens with zero attached hydrogens (tertiary/aromatic N) is 3. The largest absolute Gasteiger partial charge is 0.497 e. The van der Waals surface area contributed by atoms with Gasteiger partial charge in [0.1, 0.15) is 23.9 Å². The third kappa shape index (κ3) is 6.56. The maximum absolute atomic E-state index is 13.5. The first-order valence-corrected chi connectivity index (χ1v) is 12.8. The number of halogens is 2. The number of amides is 3. The molecule has 0 fully saturated rings. The fourth-order valence-electron chi connectivity index (χ4n) is 4.15. The van der Waals surface area contributed by atoms with Gasteiger partial charge >= 0.3 is 6.03 Å². The van der Waals surface area contributed by atoms with Crippen molar-refractivity contribution in [1.29, 1.82) is 0 Å². The molecule has 0 saturated carbocycles. The molecule has 0 saturated heterocycles. The zero-order valence-corrected chi connectivity index (χ0v) is 22.6. The first-order valence-electron chi connectivity index (χ1n) is 12.4. The fraction of sp³-hybridized carbons (Fsp3) is 0.207. The summed E-state index contributed by atoms with van der Waals surface area (Å²) in [6, 6.07) is 20.4. The molecule has 8 nitrogen and oxygen atoms in total. The Morgan fingerprint density at radius 2 is 1.77 bits per heavy atom. The molecule has 3 amide bonds. The molecule has 0 radical (unpaired) electrons. The molecule has 202 valence electrons. The number of nitrogens with one attached hydrogen (secondary N) is 2. The summed E-state index contributed by atoms with van der Waals surface area (Å²) in [7, 11) is 1.59. The van der Waals surface area contributed by atoms with Crippen molar-refractivity contribution < 1.29 is 18.7 Å². The summed E-state index contributed by atoms with van der Waals surface area (Å²) < 4.78 is 20.5. The van der Waals surface area contributed by atoms with E-state index in [4.69, 9.17) is 21.4 Å². The number of carbonyl (C=O) groups is 2. The Kier molecular flexibility index (Phi) is 8.83. The molecule has 2 N–H and O–H groups in total. The minimum Gasteiger partial charge on any atom is -0.497 e. The van der Waals surface area contributed by atoms with Gasteiger partial charge in [-0.15, -0.1) is 0 Å². The van der Waals surface area contributed by atoms with E-state index in [2.05, 4.69) is 10.6 Å². The van der Waals surface area contributed by atoms with Crippen molar-refractivity contribution in [2.24, 2.45) is 0 Å². The summed E-state index contributed by atoms with van der Waals surface area (Å²) in [5, 5.41) is 10.3. The molecular weight excluding hydrogens is 521 g/mol. The van der Waals surface area contributed by atoms with Crippen LogP contribution in [-0.4, -0.2) is 46.8 Å². The second-order valence-electron chi connectivity index (χ2n) is 8.81. The Morgan fingerprint density at radius 3 is 2.41 bits per heavy atom. The second-order valence-corrected chi connectivity index (χ2v) is 9.22. The number of rotatable bonds is 9. The van der Waals surface area contributed by atoms with Gasteiger partial charge < -0.3 is 20.3 Å². The Labute approximate surface area is 231 Å². The molecule has 1 aromatic heterocycles. The number of hydrogen-bond acceptors (Lipinski definition) is 4. The van der Waals surface area contributed by atoms with Crippen LogP contribution in [-0.2, 0) is 4.79 Å². The van der Waals surface area contributed by atoms with Crippen LogP contribution in [0.4, 0.5) is 20.7 Å². The second kappa shape index (κ2) is 12.4. The minimum atomic E-state index is -0.586. The maximum Gasteiger partial charge on any atom is 0.322 e. The predicted octanol–water partition coefficient (Wildman–Crippen LogP) is 6.53. The molecule has 4 rings (SSSR count). The molecule has 0 bridgehead atoms. The van der Waals surface area contributed by atoms with Crippen molar-refractivity contribution in [3.05, 3.63) is 89.3 Å². The normalized spacial score (nSPS) is 10.7. The first kappa shape index (κ1) is 27.7. The van der Waals surface area contributed by atoms with E-state index in [1.807, 2.05) is 68.4 Å². The average Bonchev–Trinajstić information content (AvgIpc) is 3.26. The van der Waals surface area contributed by atoms with Crippen molar-refractivity contribution in [2.45, 2.75) is 20.3 Å². The number of methoxy groups -OCH3 is 1. The number of anilines is 2. The molecule has 3 aromatic carbocycles. The monoisotopic (exact) mass is 549 g/mol. The van der Waals surface area contributed by atoms with Crippen molar-refractivity contribution in [3.63, 3.8) is 0 Å². The molecule has 0 aliphatic carbocycles. The quantitative estimate of drug-likeness (QED) is 0.248. The third-order valence-corrected chi connectivity index (χ3v) is 6.27. The van der Waals surface area contributed by atoms with E-state index in [1.54, 1.807) is 11.8 Å². The van der Waals surface area contributed by atoms with Gasteiger partial charge in [-0.1, -0.05) is 48.9 Å². The summed E-state index contributed by atoms with van der Waals surface area (Å²) in [5.41, 5.74) is 3.44. The Morgan fingerprint density at radius 1 is 1.05 bits per heavy atom. The van der Waals surface area contributed by atoms with E-state index in [9.17, 15) is 14.0 Å². The van der Waals surface area contributed by atoms with Crippen molar-refractivity contribution >= 4 is 35.0 Å². The van der Waals surface area contributed by atoms with E-state index in [1.165, 1.54) is 23.1 Å². The standard InChI is InChI=1S/C29H29ClFN5O3/c1-4-16-35(29(38)32-21-10-15-25(31)24(30)17-21)18-26(37)33-28-27(20-8-6-5-7-9-20)19(2)34-36(28)22-11-13-23(39-3)14-12-22/h5-15,17H,4,16,18H2,1-3H3,(H,32,38)(H,33,37). The van der Waals surface area contributed by atoms with Crippen LogP contribution in [0.15, 0.2) is 72.8 Å². The van der Waals surface area contributed by atoms with Gasteiger partial charge in [0.25, 0.3) is 0 Å². The van der Waals surface area contributed by atoms with Gasteiger partial charge in [-0.2, -0.15) is 5.10 Å². The van der Waals surface area contributed by atoms with Crippen LogP contribution in [0.2, 0.25) is 5.02 Å². The lowest BCUT2D eigenvalue weighted by Gasteiger charge is -2.22. The number of aryl methyl sites for hydroxylation is 1. The summed E-state index contributed by atoms with van der Waals surface area (Å²) in [6.07, 6.45) is 0.628. The smallest absolute Gasteiger partial charge is 0.322 e. The average molecular weight is 550 g/mol. The predicted molar refractivity (Wildman–Crippen MR) is 151 cm³/mol. The lowest BCUT2D eigenvalue weighted by atomic mass is 10.1. The summed E-state index contributed by atoms with van der Waals surface area (Å²) >= 11 is 5.84. The van der Waals surface area contributed by atoms with E-state index in [0.29, 0.717) is 30.2 Å². The summed E-state index contributed by atoms with van der Waals surface area (Å²) in [6.45, 7) is 3.90. The summed E-state index contributed by atoms with van der Waals surface area (Å²) in [5.74, 6) is 0.191. The highest BCUT2D eigenvalue weighted by molar-refractivity contribution is 6.31. The SMILES string of the molecule is CCCN(CC(=O)Nc1c(-c2ccccc2)c(C)nn1-c1ccc(OC)cc1)C(=O)Nc1ccc(F)c(Cl)c1. The van der Waals surface area contributed by atoms with Gasteiger partial charge in [-0.05, 0) is 61.4 Å². The van der Waals surface area contributed by atoms with E-state index in [0.717, 1.165) is 22.5 Å². The van der Waals surface area contributed by atoms with Gasteiger partial charge in [-0.3, -0.25) is 4.79 Å². The molecule has 0 aliphatic heterocycles. The summed E-state index contributed by atoms with van der Waals surface area (Å²) in [4.78, 5) is 27.7. The van der Waals surface area contributed by atoms with Crippen LogP contribution in [0.25, 0.3) is 16.8 Å². The van der Waals surface area contributed by atoms with Gasteiger partial charge in [-0.25, -0.2) is 13.9 Å². The zero-order valence-electron chi connectivity index (χ0n) is 21.9. The fourth-order valence-corrected chi connectivity index (χ4v) is 4.33. The Hall–Kier alpha value is -4.37. The Bertz CT molecular complexity index is 1460. The van der Waals surface area contributed by atoms with Gasteiger partial charge in [0.15, 0.2) is 0 Å². The van der Waals surface area contributed by atoms with Crippen molar-refractivity contribution in [1.82, 2.24) is 14.7 Å². The van der Waals surface area contributed by atoms with Crippen LogP contribution in [0, 0.1) is 12.7 Å². The maximum atomic E-state index is 13.5. The molecule has 10 heteroatoms. The number of carbonyl (C=O) groups excluding carboxylic acids is 2. The molecule has 4 aromatic rings.